The highest BCUT2D eigenvalue weighted by Gasteiger charge is 2.23. The molecule has 6 nitrogen and oxygen atoms in total. The molecule has 1 N–H and O–H groups in total. The van der Waals surface area contributed by atoms with Gasteiger partial charge in [0, 0.05) is 42.6 Å². The third-order valence-corrected chi connectivity index (χ3v) is 4.86. The average Bonchev–Trinajstić information content (AvgIpc) is 3.21. The SMILES string of the molecule is Cc1csc(CN2CCC(Nc3ccc4nccn4n3)C2)n1. The van der Waals surface area contributed by atoms with E-state index in [-0.39, 0.29) is 0 Å². The summed E-state index contributed by atoms with van der Waals surface area (Å²) in [6.45, 7) is 5.13. The molecule has 0 aliphatic carbocycles. The molecule has 22 heavy (non-hydrogen) atoms. The second-order valence-electron chi connectivity index (χ2n) is 5.70. The van der Waals surface area contributed by atoms with E-state index in [0.717, 1.165) is 43.2 Å². The molecule has 7 heteroatoms. The van der Waals surface area contributed by atoms with E-state index in [1.807, 2.05) is 25.3 Å². The van der Waals surface area contributed by atoms with Gasteiger partial charge in [0.15, 0.2) is 5.65 Å². The molecule has 3 aromatic rings. The Kier molecular flexibility index (Phi) is 3.51. The number of nitrogens with zero attached hydrogens (tertiary/aromatic N) is 5. The highest BCUT2D eigenvalue weighted by Crippen LogP contribution is 2.18. The van der Waals surface area contributed by atoms with E-state index in [1.165, 1.54) is 5.01 Å². The van der Waals surface area contributed by atoms with Gasteiger partial charge in [0.05, 0.1) is 6.54 Å². The molecule has 1 unspecified atom stereocenters. The normalized spacial score (nSPS) is 19.0. The van der Waals surface area contributed by atoms with Crippen molar-refractivity contribution >= 4 is 22.8 Å². The van der Waals surface area contributed by atoms with Crippen LogP contribution in [0.2, 0.25) is 0 Å². The minimum absolute atomic E-state index is 0.439. The molecule has 0 saturated carbocycles. The fourth-order valence-electron chi connectivity index (χ4n) is 2.86. The fourth-order valence-corrected chi connectivity index (χ4v) is 3.68. The van der Waals surface area contributed by atoms with Crippen molar-refractivity contribution in [3.63, 3.8) is 0 Å². The van der Waals surface area contributed by atoms with Gasteiger partial charge in [-0.3, -0.25) is 4.90 Å². The number of anilines is 1. The van der Waals surface area contributed by atoms with Crippen LogP contribution in [0.4, 0.5) is 5.82 Å². The van der Waals surface area contributed by atoms with Crippen LogP contribution in [0.25, 0.3) is 5.65 Å². The van der Waals surface area contributed by atoms with Gasteiger partial charge in [-0.15, -0.1) is 16.4 Å². The third kappa shape index (κ3) is 2.82. The number of hydrogen-bond acceptors (Lipinski definition) is 6. The Hall–Kier alpha value is -1.99. The van der Waals surface area contributed by atoms with Gasteiger partial charge in [-0.25, -0.2) is 14.5 Å². The Morgan fingerprint density at radius 1 is 1.41 bits per heavy atom. The number of imidazole rings is 1. The van der Waals surface area contributed by atoms with Crippen LogP contribution in [0.15, 0.2) is 29.9 Å². The Bertz CT molecular complexity index is 779. The topological polar surface area (TPSA) is 58.4 Å². The highest BCUT2D eigenvalue weighted by atomic mass is 32.1. The van der Waals surface area contributed by atoms with Crippen molar-refractivity contribution in [3.8, 4) is 0 Å². The fraction of sp³-hybridized carbons (Fsp3) is 0.400. The lowest BCUT2D eigenvalue weighted by molar-refractivity contribution is 0.328. The summed E-state index contributed by atoms with van der Waals surface area (Å²) >= 11 is 1.75. The predicted molar refractivity (Wildman–Crippen MR) is 87.1 cm³/mol. The molecule has 0 radical (unpaired) electrons. The van der Waals surface area contributed by atoms with Gasteiger partial charge >= 0.3 is 0 Å². The van der Waals surface area contributed by atoms with E-state index < -0.39 is 0 Å². The summed E-state index contributed by atoms with van der Waals surface area (Å²) in [5, 5.41) is 11.4. The first-order valence-corrected chi connectivity index (χ1v) is 8.34. The van der Waals surface area contributed by atoms with E-state index in [4.69, 9.17) is 0 Å². The quantitative estimate of drug-likeness (QED) is 0.800. The van der Waals surface area contributed by atoms with Crippen LogP contribution in [-0.4, -0.2) is 43.6 Å². The first kappa shape index (κ1) is 13.7. The van der Waals surface area contributed by atoms with Gasteiger partial charge in [-0.1, -0.05) is 0 Å². The molecule has 1 atom stereocenters. The molecular formula is C15H18N6S. The van der Waals surface area contributed by atoms with Gasteiger partial charge in [-0.05, 0) is 25.5 Å². The molecule has 1 aliphatic rings. The number of hydrogen-bond donors (Lipinski definition) is 1. The molecule has 3 aromatic heterocycles. The second-order valence-corrected chi connectivity index (χ2v) is 6.64. The van der Waals surface area contributed by atoms with Crippen LogP contribution in [0.3, 0.4) is 0 Å². The zero-order valence-corrected chi connectivity index (χ0v) is 13.3. The van der Waals surface area contributed by atoms with E-state index >= 15 is 0 Å². The first-order valence-electron chi connectivity index (χ1n) is 7.46. The lowest BCUT2D eigenvalue weighted by Gasteiger charge is -2.15. The average molecular weight is 314 g/mol. The summed E-state index contributed by atoms with van der Waals surface area (Å²) in [4.78, 5) is 11.2. The lowest BCUT2D eigenvalue weighted by atomic mass is 10.2. The number of rotatable bonds is 4. The van der Waals surface area contributed by atoms with Gasteiger partial charge in [0.1, 0.15) is 10.8 Å². The third-order valence-electron chi connectivity index (χ3n) is 3.90. The smallest absolute Gasteiger partial charge is 0.153 e. The molecule has 0 aromatic carbocycles. The van der Waals surface area contributed by atoms with Crippen molar-refractivity contribution in [1.29, 1.82) is 0 Å². The standard InChI is InChI=1S/C15H18N6S/c1-11-10-22-15(17-11)9-20-6-4-12(8-20)18-13-2-3-14-16-5-7-21(14)19-13/h2-3,5,7,10,12H,4,6,8-9H2,1H3,(H,18,19). The number of thiazole rings is 1. The van der Waals surface area contributed by atoms with Crippen LogP contribution < -0.4 is 5.32 Å². The Morgan fingerprint density at radius 2 is 2.36 bits per heavy atom. The molecule has 4 rings (SSSR count). The number of likely N-dealkylation sites (tertiary alicyclic amines) is 1. The van der Waals surface area contributed by atoms with Crippen molar-refractivity contribution < 1.29 is 0 Å². The molecular weight excluding hydrogens is 296 g/mol. The zero-order chi connectivity index (χ0) is 14.9. The molecule has 4 heterocycles. The Labute approximate surface area is 132 Å². The number of nitrogens with one attached hydrogen (secondary N) is 1. The molecule has 0 bridgehead atoms. The Morgan fingerprint density at radius 3 is 3.23 bits per heavy atom. The predicted octanol–water partition coefficient (Wildman–Crippen LogP) is 2.18. The number of aromatic nitrogens is 4. The van der Waals surface area contributed by atoms with Crippen molar-refractivity contribution in [1.82, 2.24) is 24.5 Å². The second kappa shape index (κ2) is 5.66. The molecule has 1 saturated heterocycles. The van der Waals surface area contributed by atoms with Crippen LogP contribution in [0.1, 0.15) is 17.1 Å². The van der Waals surface area contributed by atoms with Crippen molar-refractivity contribution in [2.24, 2.45) is 0 Å². The monoisotopic (exact) mass is 314 g/mol. The van der Waals surface area contributed by atoms with Gasteiger partial charge in [0.25, 0.3) is 0 Å². The van der Waals surface area contributed by atoms with Crippen molar-refractivity contribution in [2.45, 2.75) is 25.9 Å². The van der Waals surface area contributed by atoms with E-state index in [2.05, 4.69) is 30.7 Å². The summed E-state index contributed by atoms with van der Waals surface area (Å²) in [5.41, 5.74) is 1.99. The lowest BCUT2D eigenvalue weighted by Crippen LogP contribution is -2.26. The first-order chi connectivity index (χ1) is 10.8. The largest absolute Gasteiger partial charge is 0.365 e. The minimum atomic E-state index is 0.439. The molecule has 114 valence electrons. The molecule has 0 spiro atoms. The van der Waals surface area contributed by atoms with Crippen LogP contribution in [-0.2, 0) is 6.54 Å². The molecule has 0 amide bonds. The summed E-state index contributed by atoms with van der Waals surface area (Å²) in [6.07, 6.45) is 4.76. The minimum Gasteiger partial charge on any atom is -0.365 e. The van der Waals surface area contributed by atoms with Crippen molar-refractivity contribution in [3.05, 3.63) is 40.6 Å². The summed E-state index contributed by atoms with van der Waals surface area (Å²) in [7, 11) is 0. The van der Waals surface area contributed by atoms with Gasteiger partial charge in [-0.2, -0.15) is 0 Å². The van der Waals surface area contributed by atoms with Gasteiger partial charge < -0.3 is 5.32 Å². The molecule has 1 aliphatic heterocycles. The van der Waals surface area contributed by atoms with E-state index in [0.29, 0.717) is 6.04 Å². The van der Waals surface area contributed by atoms with Crippen LogP contribution in [0.5, 0.6) is 0 Å². The number of aryl methyl sites for hydroxylation is 1. The maximum absolute atomic E-state index is 4.55. The summed E-state index contributed by atoms with van der Waals surface area (Å²) in [6, 6.07) is 4.42. The summed E-state index contributed by atoms with van der Waals surface area (Å²) in [5.74, 6) is 0.905. The van der Waals surface area contributed by atoms with Crippen LogP contribution in [0, 0.1) is 6.92 Å². The Balaban J connectivity index is 1.38. The maximum atomic E-state index is 4.55. The van der Waals surface area contributed by atoms with Crippen LogP contribution >= 0.6 is 11.3 Å². The molecule has 1 fully saturated rings. The van der Waals surface area contributed by atoms with E-state index in [9.17, 15) is 0 Å². The zero-order valence-electron chi connectivity index (χ0n) is 12.4. The summed E-state index contributed by atoms with van der Waals surface area (Å²) < 4.78 is 1.80. The van der Waals surface area contributed by atoms with Gasteiger partial charge in [0.2, 0.25) is 0 Å². The maximum Gasteiger partial charge on any atom is 0.153 e. The van der Waals surface area contributed by atoms with E-state index in [1.54, 1.807) is 22.0 Å². The van der Waals surface area contributed by atoms with Crippen molar-refractivity contribution in [2.75, 3.05) is 18.4 Å². The highest BCUT2D eigenvalue weighted by molar-refractivity contribution is 7.09. The number of fused-ring (bicyclic) bond motifs is 1.